The second-order valence-electron chi connectivity index (χ2n) is 5.11. The summed E-state index contributed by atoms with van der Waals surface area (Å²) in [6.07, 6.45) is 3.61. The van der Waals surface area contributed by atoms with Crippen LogP contribution in [0.15, 0.2) is 6.20 Å². The quantitative estimate of drug-likeness (QED) is 0.756. The summed E-state index contributed by atoms with van der Waals surface area (Å²) in [5.41, 5.74) is 0.798. The van der Waals surface area contributed by atoms with Crippen molar-refractivity contribution in [3.05, 3.63) is 17.5 Å². The first-order valence-corrected chi connectivity index (χ1v) is 6.98. The molecule has 1 N–H and O–H groups in total. The predicted molar refractivity (Wildman–Crippen MR) is 75.3 cm³/mol. The fourth-order valence-corrected chi connectivity index (χ4v) is 2.01. The molecule has 1 aromatic rings. The molecule has 0 saturated heterocycles. The summed E-state index contributed by atoms with van der Waals surface area (Å²) in [6, 6.07) is 0. The molecule has 7 nitrogen and oxygen atoms in total. The van der Waals surface area contributed by atoms with Crippen molar-refractivity contribution in [2.24, 2.45) is 5.92 Å². The Balaban J connectivity index is 2.18. The first-order valence-electron chi connectivity index (χ1n) is 6.98. The lowest BCUT2D eigenvalue weighted by atomic mass is 10.2. The fourth-order valence-electron chi connectivity index (χ4n) is 2.01. The molecule has 0 unspecified atom stereocenters. The number of carboxylic acid groups (broad SMARTS) is 1. The van der Waals surface area contributed by atoms with Gasteiger partial charge in [-0.3, -0.25) is 4.79 Å². The molecule has 0 atom stereocenters. The average molecular weight is 293 g/mol. The van der Waals surface area contributed by atoms with Crippen molar-refractivity contribution in [1.29, 1.82) is 0 Å². The number of carbonyl (C=O) groups is 2. The van der Waals surface area contributed by atoms with Gasteiger partial charge in [0.1, 0.15) is 6.54 Å². The molecule has 2 rings (SSSR count). The molecule has 1 aliphatic rings. The van der Waals surface area contributed by atoms with Crippen LogP contribution in [0.4, 0.5) is 5.95 Å². The second kappa shape index (κ2) is 6.51. The van der Waals surface area contributed by atoms with Crippen LogP contribution in [0, 0.1) is 12.8 Å². The van der Waals surface area contributed by atoms with E-state index in [9.17, 15) is 9.59 Å². The number of nitrogens with zero attached hydrogens (tertiary/aromatic N) is 3. The molecule has 0 radical (unpaired) electrons. The highest BCUT2D eigenvalue weighted by atomic mass is 16.5. The summed E-state index contributed by atoms with van der Waals surface area (Å²) in [6.45, 7) is 4.19. The van der Waals surface area contributed by atoms with E-state index in [1.165, 1.54) is 6.20 Å². The third kappa shape index (κ3) is 4.14. The van der Waals surface area contributed by atoms with E-state index in [0.29, 0.717) is 29.7 Å². The Morgan fingerprint density at radius 3 is 2.71 bits per heavy atom. The Morgan fingerprint density at radius 1 is 1.48 bits per heavy atom. The van der Waals surface area contributed by atoms with Gasteiger partial charge < -0.3 is 14.7 Å². The molecule has 1 fully saturated rings. The fraction of sp³-hybridized carbons (Fsp3) is 0.571. The number of aromatic nitrogens is 2. The van der Waals surface area contributed by atoms with E-state index in [1.54, 1.807) is 18.7 Å². The number of aliphatic carboxylic acids is 1. The first-order chi connectivity index (χ1) is 10.0. The van der Waals surface area contributed by atoms with E-state index in [0.717, 1.165) is 12.8 Å². The number of hydrogen-bond donors (Lipinski definition) is 1. The van der Waals surface area contributed by atoms with E-state index < -0.39 is 11.9 Å². The zero-order chi connectivity index (χ0) is 15.4. The Labute approximate surface area is 123 Å². The average Bonchev–Trinajstić information content (AvgIpc) is 3.21. The van der Waals surface area contributed by atoms with Crippen LogP contribution in [0.25, 0.3) is 0 Å². The van der Waals surface area contributed by atoms with Gasteiger partial charge in [0.25, 0.3) is 0 Å². The van der Waals surface area contributed by atoms with Gasteiger partial charge in [0.05, 0.1) is 17.9 Å². The molecule has 1 heterocycles. The van der Waals surface area contributed by atoms with Gasteiger partial charge in [-0.1, -0.05) is 0 Å². The van der Waals surface area contributed by atoms with Crippen LogP contribution in [-0.2, 0) is 9.53 Å². The standard InChI is InChI=1S/C14H19N3O4/c1-3-21-13(20)11-6-15-14(16-9(11)2)17(8-12(18)19)7-10-4-5-10/h6,10H,3-5,7-8H2,1-2H3,(H,18,19). The molecule has 1 aromatic heterocycles. The van der Waals surface area contributed by atoms with Crippen molar-refractivity contribution < 1.29 is 19.4 Å². The second-order valence-corrected chi connectivity index (χ2v) is 5.11. The molecule has 1 aliphatic carbocycles. The highest BCUT2D eigenvalue weighted by molar-refractivity contribution is 5.90. The molecule has 0 amide bonds. The van der Waals surface area contributed by atoms with Crippen molar-refractivity contribution in [3.8, 4) is 0 Å². The Bertz CT molecular complexity index is 543. The maximum absolute atomic E-state index is 11.7. The SMILES string of the molecule is CCOC(=O)c1cnc(N(CC(=O)O)CC2CC2)nc1C. The van der Waals surface area contributed by atoms with E-state index in [2.05, 4.69) is 9.97 Å². The van der Waals surface area contributed by atoms with E-state index in [-0.39, 0.29) is 13.2 Å². The van der Waals surface area contributed by atoms with Gasteiger partial charge in [0.15, 0.2) is 0 Å². The van der Waals surface area contributed by atoms with Crippen LogP contribution in [0.2, 0.25) is 0 Å². The predicted octanol–water partition coefficient (Wildman–Crippen LogP) is 1.26. The molecule has 114 valence electrons. The minimum Gasteiger partial charge on any atom is -0.480 e. The maximum Gasteiger partial charge on any atom is 0.341 e. The van der Waals surface area contributed by atoms with Crippen molar-refractivity contribution >= 4 is 17.9 Å². The number of carboxylic acids is 1. The first kappa shape index (κ1) is 15.2. The van der Waals surface area contributed by atoms with E-state index >= 15 is 0 Å². The summed E-state index contributed by atoms with van der Waals surface area (Å²) < 4.78 is 4.92. The number of esters is 1. The molecule has 0 aromatic carbocycles. The number of rotatable bonds is 7. The lowest BCUT2D eigenvalue weighted by molar-refractivity contribution is -0.135. The molecule has 0 bridgehead atoms. The monoisotopic (exact) mass is 293 g/mol. The molecule has 7 heteroatoms. The summed E-state index contributed by atoms with van der Waals surface area (Å²) in [4.78, 5) is 32.7. The summed E-state index contributed by atoms with van der Waals surface area (Å²) in [5, 5.41) is 8.99. The van der Waals surface area contributed by atoms with Crippen LogP contribution in [0.1, 0.15) is 35.8 Å². The highest BCUT2D eigenvalue weighted by Gasteiger charge is 2.27. The zero-order valence-electron chi connectivity index (χ0n) is 12.2. The minimum absolute atomic E-state index is 0.144. The van der Waals surface area contributed by atoms with Crippen molar-refractivity contribution in [3.63, 3.8) is 0 Å². The molecular formula is C14H19N3O4. The summed E-state index contributed by atoms with van der Waals surface area (Å²) in [5.74, 6) is -0.535. The van der Waals surface area contributed by atoms with E-state index in [1.807, 2.05) is 0 Å². The normalized spacial score (nSPS) is 13.8. The van der Waals surface area contributed by atoms with Gasteiger partial charge in [0, 0.05) is 12.7 Å². The van der Waals surface area contributed by atoms with Crippen LogP contribution in [0.5, 0.6) is 0 Å². The Hall–Kier alpha value is -2.18. The molecule has 0 aliphatic heterocycles. The third-order valence-corrected chi connectivity index (χ3v) is 3.25. The van der Waals surface area contributed by atoms with E-state index in [4.69, 9.17) is 9.84 Å². The van der Waals surface area contributed by atoms with Gasteiger partial charge >= 0.3 is 11.9 Å². The van der Waals surface area contributed by atoms with Gasteiger partial charge in [-0.15, -0.1) is 0 Å². The van der Waals surface area contributed by atoms with Gasteiger partial charge in [-0.05, 0) is 32.6 Å². The lowest BCUT2D eigenvalue weighted by Gasteiger charge is -2.21. The van der Waals surface area contributed by atoms with Crippen molar-refractivity contribution in [1.82, 2.24) is 9.97 Å². The Kier molecular flexibility index (Phi) is 4.72. The largest absolute Gasteiger partial charge is 0.480 e. The van der Waals surface area contributed by atoms with Crippen LogP contribution >= 0.6 is 0 Å². The topological polar surface area (TPSA) is 92.6 Å². The van der Waals surface area contributed by atoms with Crippen LogP contribution < -0.4 is 4.90 Å². The Morgan fingerprint density at radius 2 is 2.19 bits per heavy atom. The summed E-state index contributed by atoms with van der Waals surface area (Å²) >= 11 is 0. The molecule has 21 heavy (non-hydrogen) atoms. The number of carbonyl (C=O) groups excluding carboxylic acids is 1. The lowest BCUT2D eigenvalue weighted by Crippen LogP contribution is -2.33. The summed E-state index contributed by atoms with van der Waals surface area (Å²) in [7, 11) is 0. The van der Waals surface area contributed by atoms with Crippen molar-refractivity contribution in [2.45, 2.75) is 26.7 Å². The van der Waals surface area contributed by atoms with Gasteiger partial charge in [-0.25, -0.2) is 14.8 Å². The minimum atomic E-state index is -0.925. The number of aryl methyl sites for hydroxylation is 1. The molecular weight excluding hydrogens is 274 g/mol. The molecule has 0 spiro atoms. The third-order valence-electron chi connectivity index (χ3n) is 3.25. The van der Waals surface area contributed by atoms with Crippen molar-refractivity contribution in [2.75, 3.05) is 24.6 Å². The van der Waals surface area contributed by atoms with Gasteiger partial charge in [-0.2, -0.15) is 0 Å². The van der Waals surface area contributed by atoms with Crippen LogP contribution in [0.3, 0.4) is 0 Å². The number of hydrogen-bond acceptors (Lipinski definition) is 6. The maximum atomic E-state index is 11.7. The highest BCUT2D eigenvalue weighted by Crippen LogP contribution is 2.30. The van der Waals surface area contributed by atoms with Crippen LogP contribution in [-0.4, -0.2) is 46.7 Å². The molecule has 1 saturated carbocycles. The smallest absolute Gasteiger partial charge is 0.341 e. The number of anilines is 1. The number of ether oxygens (including phenoxy) is 1. The van der Waals surface area contributed by atoms with Gasteiger partial charge in [0.2, 0.25) is 5.95 Å². The zero-order valence-corrected chi connectivity index (χ0v) is 12.2.